The van der Waals surface area contributed by atoms with Crippen molar-refractivity contribution < 1.29 is 38.1 Å². The highest BCUT2D eigenvalue weighted by Crippen LogP contribution is 2.27. The van der Waals surface area contributed by atoms with E-state index >= 15 is 0 Å². The van der Waals surface area contributed by atoms with E-state index < -0.39 is 54.3 Å². The molecule has 0 radical (unpaired) electrons. The fourth-order valence-electron chi connectivity index (χ4n) is 2.56. The van der Waals surface area contributed by atoms with Crippen molar-refractivity contribution in [1.29, 1.82) is 0 Å². The van der Waals surface area contributed by atoms with Crippen LogP contribution in [0.3, 0.4) is 0 Å². The first kappa shape index (κ1) is 21.2. The van der Waals surface area contributed by atoms with Crippen molar-refractivity contribution in [3.8, 4) is 0 Å². The first-order valence-corrected chi connectivity index (χ1v) is 8.15. The van der Waals surface area contributed by atoms with Crippen molar-refractivity contribution in [2.75, 3.05) is 12.5 Å². The average molecular weight is 380 g/mol. The summed E-state index contributed by atoms with van der Waals surface area (Å²) in [7, 11) is 0. The molecule has 0 bridgehead atoms. The van der Waals surface area contributed by atoms with E-state index in [0.29, 0.717) is 0 Å². The Hall–Kier alpha value is -1.87. The molecule has 1 fully saturated rings. The number of alkyl halides is 1. The number of nitrogens with one attached hydrogen (secondary N) is 1. The summed E-state index contributed by atoms with van der Waals surface area (Å²) >= 11 is 5.91. The van der Waals surface area contributed by atoms with Crippen LogP contribution >= 0.6 is 11.6 Å². The molecule has 1 aliphatic heterocycles. The lowest BCUT2D eigenvalue weighted by Crippen LogP contribution is -2.66. The van der Waals surface area contributed by atoms with Gasteiger partial charge < -0.3 is 24.3 Å². The molecular weight excluding hydrogens is 358 g/mol. The lowest BCUT2D eigenvalue weighted by Gasteiger charge is -2.44. The Kier molecular flexibility index (Phi) is 8.11. The Balaban J connectivity index is 3.18. The Morgan fingerprint density at radius 1 is 0.920 bits per heavy atom. The van der Waals surface area contributed by atoms with Gasteiger partial charge >= 0.3 is 17.9 Å². The van der Waals surface area contributed by atoms with Gasteiger partial charge in [-0.1, -0.05) is 0 Å². The largest absolute Gasteiger partial charge is 0.463 e. The lowest BCUT2D eigenvalue weighted by atomic mass is 9.92. The van der Waals surface area contributed by atoms with Gasteiger partial charge in [0.05, 0.1) is 18.0 Å². The van der Waals surface area contributed by atoms with Gasteiger partial charge in [-0.05, 0) is 0 Å². The second-order valence-corrected chi connectivity index (χ2v) is 5.85. The van der Waals surface area contributed by atoms with Gasteiger partial charge in [-0.2, -0.15) is 0 Å². The topological polar surface area (TPSA) is 117 Å². The van der Waals surface area contributed by atoms with Gasteiger partial charge in [0.25, 0.3) is 0 Å². The van der Waals surface area contributed by atoms with Gasteiger partial charge in [0.2, 0.25) is 5.91 Å². The molecule has 3 unspecified atom stereocenters. The molecule has 0 aromatic heterocycles. The van der Waals surface area contributed by atoms with E-state index in [4.69, 9.17) is 30.5 Å². The minimum Gasteiger partial charge on any atom is -0.463 e. The third-order valence-corrected chi connectivity index (χ3v) is 3.68. The SMILES string of the molecule is CC(=O)NC1C(OC(C)=O)[C@@H](OC(C)=O)C(COC(C)=O)O[C@H]1CCl. The Morgan fingerprint density at radius 2 is 1.48 bits per heavy atom. The van der Waals surface area contributed by atoms with Gasteiger partial charge in [0.15, 0.2) is 12.2 Å². The van der Waals surface area contributed by atoms with Gasteiger partial charge in [0.1, 0.15) is 12.7 Å². The minimum absolute atomic E-state index is 0.0356. The molecule has 1 heterocycles. The first-order valence-electron chi connectivity index (χ1n) is 7.62. The van der Waals surface area contributed by atoms with Crippen LogP contribution in [-0.4, -0.2) is 66.8 Å². The van der Waals surface area contributed by atoms with Gasteiger partial charge in [-0.3, -0.25) is 19.2 Å². The number of halogens is 1. The zero-order valence-corrected chi connectivity index (χ0v) is 15.2. The smallest absolute Gasteiger partial charge is 0.303 e. The van der Waals surface area contributed by atoms with Crippen LogP contribution in [0.25, 0.3) is 0 Å². The molecule has 0 aromatic rings. The van der Waals surface area contributed by atoms with E-state index in [9.17, 15) is 19.2 Å². The van der Waals surface area contributed by atoms with Crippen molar-refractivity contribution in [2.24, 2.45) is 0 Å². The van der Waals surface area contributed by atoms with Gasteiger partial charge in [-0.25, -0.2) is 0 Å². The summed E-state index contributed by atoms with van der Waals surface area (Å²) in [6.07, 6.45) is -3.80. The summed E-state index contributed by atoms with van der Waals surface area (Å²) in [5.41, 5.74) is 0. The van der Waals surface area contributed by atoms with Crippen molar-refractivity contribution in [3.05, 3.63) is 0 Å². The van der Waals surface area contributed by atoms with E-state index in [1.165, 1.54) is 27.7 Å². The molecule has 1 N–H and O–H groups in total. The van der Waals surface area contributed by atoms with E-state index in [2.05, 4.69) is 5.32 Å². The first-order chi connectivity index (χ1) is 11.6. The fourth-order valence-corrected chi connectivity index (χ4v) is 2.82. The molecule has 142 valence electrons. The molecule has 1 saturated heterocycles. The molecule has 5 atom stereocenters. The van der Waals surface area contributed by atoms with Crippen molar-refractivity contribution in [2.45, 2.75) is 58.2 Å². The van der Waals surface area contributed by atoms with Gasteiger partial charge in [-0.15, -0.1) is 11.6 Å². The van der Waals surface area contributed by atoms with Crippen molar-refractivity contribution >= 4 is 35.4 Å². The predicted octanol–water partition coefficient (Wildman–Crippen LogP) is -0.0762. The Morgan fingerprint density at radius 3 is 1.92 bits per heavy atom. The van der Waals surface area contributed by atoms with Crippen molar-refractivity contribution in [1.82, 2.24) is 5.32 Å². The molecule has 1 aliphatic rings. The van der Waals surface area contributed by atoms with E-state index in [0.717, 1.165) is 0 Å². The molecule has 1 rings (SSSR count). The van der Waals surface area contributed by atoms with Crippen LogP contribution in [0.5, 0.6) is 0 Å². The van der Waals surface area contributed by atoms with Crippen molar-refractivity contribution in [3.63, 3.8) is 0 Å². The fraction of sp³-hybridized carbons (Fsp3) is 0.733. The second kappa shape index (κ2) is 9.57. The molecule has 1 amide bonds. The van der Waals surface area contributed by atoms with Crippen LogP contribution < -0.4 is 5.32 Å². The van der Waals surface area contributed by atoms with Crippen LogP contribution in [0.1, 0.15) is 27.7 Å². The lowest BCUT2D eigenvalue weighted by molar-refractivity contribution is -0.220. The number of rotatable bonds is 6. The third-order valence-electron chi connectivity index (χ3n) is 3.37. The molecule has 9 nitrogen and oxygen atoms in total. The highest BCUT2D eigenvalue weighted by atomic mass is 35.5. The monoisotopic (exact) mass is 379 g/mol. The average Bonchev–Trinajstić information content (AvgIpc) is 2.48. The molecule has 0 spiro atoms. The number of hydrogen-bond acceptors (Lipinski definition) is 8. The summed E-state index contributed by atoms with van der Waals surface area (Å²) in [5.74, 6) is -2.28. The molecule has 0 aliphatic carbocycles. The number of ether oxygens (including phenoxy) is 4. The van der Waals surface area contributed by atoms with Gasteiger partial charge in [0, 0.05) is 27.7 Å². The highest BCUT2D eigenvalue weighted by molar-refractivity contribution is 6.18. The third kappa shape index (κ3) is 6.50. The maximum absolute atomic E-state index is 11.5. The molecule has 25 heavy (non-hydrogen) atoms. The standard InChI is InChI=1S/C15H22ClNO8/c1-7(18)17-13-11(5-16)25-12(6-22-8(2)19)14(23-9(3)20)15(13)24-10(4)21/h11-15H,5-6H2,1-4H3,(H,17,18)/t11-,12?,13?,14-,15?/m0/s1. The molecular formula is C15H22ClNO8. The summed E-state index contributed by atoms with van der Waals surface area (Å²) in [6.45, 7) is 4.62. The quantitative estimate of drug-likeness (QED) is 0.387. The summed E-state index contributed by atoms with van der Waals surface area (Å²) in [6, 6.07) is -0.836. The van der Waals surface area contributed by atoms with Crippen LogP contribution in [0.4, 0.5) is 0 Å². The van der Waals surface area contributed by atoms with E-state index in [1.54, 1.807) is 0 Å². The summed E-state index contributed by atoms with van der Waals surface area (Å²) < 4.78 is 21.2. The Bertz CT molecular complexity index is 526. The summed E-state index contributed by atoms with van der Waals surface area (Å²) in [4.78, 5) is 45.6. The van der Waals surface area contributed by atoms with E-state index in [1.807, 2.05) is 0 Å². The van der Waals surface area contributed by atoms with Crippen LogP contribution in [0.2, 0.25) is 0 Å². The number of esters is 3. The van der Waals surface area contributed by atoms with Crippen LogP contribution in [-0.2, 0) is 38.1 Å². The highest BCUT2D eigenvalue weighted by Gasteiger charge is 2.50. The van der Waals surface area contributed by atoms with E-state index in [-0.39, 0.29) is 12.5 Å². The second-order valence-electron chi connectivity index (χ2n) is 5.54. The normalized spacial score (nSPS) is 28.6. The number of carbonyl (C=O) groups excluding carboxylic acids is 4. The van der Waals surface area contributed by atoms with Crippen LogP contribution in [0.15, 0.2) is 0 Å². The maximum Gasteiger partial charge on any atom is 0.303 e. The number of carbonyl (C=O) groups is 4. The van der Waals surface area contributed by atoms with Crippen LogP contribution in [0, 0.1) is 0 Å². The zero-order chi connectivity index (χ0) is 19.1. The molecule has 0 saturated carbocycles. The Labute approximate surface area is 150 Å². The number of amides is 1. The maximum atomic E-state index is 11.5. The molecule has 10 heteroatoms. The minimum atomic E-state index is -1.09. The molecule has 0 aromatic carbocycles. The number of hydrogen-bond donors (Lipinski definition) is 1. The zero-order valence-electron chi connectivity index (χ0n) is 14.4. The summed E-state index contributed by atoms with van der Waals surface area (Å²) in [5, 5.41) is 2.60. The predicted molar refractivity (Wildman–Crippen MR) is 84.7 cm³/mol.